The zero-order chi connectivity index (χ0) is 11.8. The van der Waals surface area contributed by atoms with E-state index in [2.05, 4.69) is 32.9 Å². The fourth-order valence-corrected chi connectivity index (χ4v) is 3.30. The fraction of sp³-hybridized carbons (Fsp3) is 0.615. The van der Waals surface area contributed by atoms with Crippen LogP contribution in [0.3, 0.4) is 0 Å². The molecule has 0 aliphatic carbocycles. The predicted octanol–water partition coefficient (Wildman–Crippen LogP) is 2.85. The number of piperidine rings is 1. The summed E-state index contributed by atoms with van der Waals surface area (Å²) < 4.78 is 6.97. The van der Waals surface area contributed by atoms with E-state index in [1.807, 2.05) is 12.1 Å². The summed E-state index contributed by atoms with van der Waals surface area (Å²) in [6.45, 7) is 0. The van der Waals surface area contributed by atoms with Crippen molar-refractivity contribution in [3.05, 3.63) is 22.8 Å². The molecule has 1 aromatic rings. The number of hydrogen-bond acceptors (Lipinski definition) is 3. The van der Waals surface area contributed by atoms with Crippen molar-refractivity contribution in [2.75, 3.05) is 7.05 Å². The lowest BCUT2D eigenvalue weighted by atomic mass is 10.0. The van der Waals surface area contributed by atoms with E-state index in [1.165, 1.54) is 12.8 Å². The molecule has 4 heteroatoms. The summed E-state index contributed by atoms with van der Waals surface area (Å²) in [5.74, 6) is 0.752. The van der Waals surface area contributed by atoms with Gasteiger partial charge < -0.3 is 9.64 Å². The second-order valence-corrected chi connectivity index (χ2v) is 5.99. The molecule has 2 saturated heterocycles. The molecule has 0 aromatic carbocycles. The number of ether oxygens (including phenoxy) is 1. The van der Waals surface area contributed by atoms with E-state index in [-0.39, 0.29) is 0 Å². The predicted molar refractivity (Wildman–Crippen MR) is 70.2 cm³/mol. The van der Waals surface area contributed by atoms with Gasteiger partial charge in [0, 0.05) is 28.8 Å². The van der Waals surface area contributed by atoms with Crippen LogP contribution in [0.1, 0.15) is 25.7 Å². The highest BCUT2D eigenvalue weighted by Gasteiger charge is 2.39. The summed E-state index contributed by atoms with van der Waals surface area (Å²) in [5, 5.41) is 0. The van der Waals surface area contributed by atoms with E-state index in [9.17, 15) is 0 Å². The van der Waals surface area contributed by atoms with Crippen molar-refractivity contribution >= 4 is 15.9 Å². The molecule has 2 aliphatic heterocycles. The molecule has 1 aromatic heterocycles. The number of rotatable bonds is 2. The quantitative estimate of drug-likeness (QED) is 0.839. The minimum atomic E-state index is 0.345. The zero-order valence-corrected chi connectivity index (χ0v) is 11.6. The van der Waals surface area contributed by atoms with Crippen molar-refractivity contribution in [2.45, 2.75) is 43.9 Å². The molecule has 0 unspecified atom stereocenters. The van der Waals surface area contributed by atoms with Crippen LogP contribution >= 0.6 is 15.9 Å². The van der Waals surface area contributed by atoms with Crippen molar-refractivity contribution < 1.29 is 4.74 Å². The topological polar surface area (TPSA) is 25.4 Å². The molecular formula is C13H17BrN2O. The Morgan fingerprint density at radius 1 is 1.29 bits per heavy atom. The molecule has 2 aliphatic rings. The van der Waals surface area contributed by atoms with Crippen LogP contribution in [0, 0.1) is 0 Å². The van der Waals surface area contributed by atoms with Crippen molar-refractivity contribution in [1.29, 1.82) is 0 Å². The molecule has 3 heterocycles. The average Bonchev–Trinajstić information content (AvgIpc) is 2.55. The molecule has 2 bridgehead atoms. The summed E-state index contributed by atoms with van der Waals surface area (Å²) in [7, 11) is 2.25. The van der Waals surface area contributed by atoms with Gasteiger partial charge in [0.1, 0.15) is 6.10 Å². The van der Waals surface area contributed by atoms with E-state index in [1.54, 1.807) is 6.20 Å². The first-order valence-electron chi connectivity index (χ1n) is 6.22. The summed E-state index contributed by atoms with van der Waals surface area (Å²) in [6, 6.07) is 5.35. The van der Waals surface area contributed by atoms with Crippen molar-refractivity contribution in [2.24, 2.45) is 0 Å². The zero-order valence-electron chi connectivity index (χ0n) is 9.97. The maximum absolute atomic E-state index is 5.98. The lowest BCUT2D eigenvalue weighted by Gasteiger charge is -2.36. The van der Waals surface area contributed by atoms with Gasteiger partial charge in [-0.15, -0.1) is 0 Å². The van der Waals surface area contributed by atoms with Crippen LogP contribution in [0.2, 0.25) is 0 Å². The van der Waals surface area contributed by atoms with Crippen LogP contribution in [0.15, 0.2) is 22.8 Å². The first-order chi connectivity index (χ1) is 8.22. The van der Waals surface area contributed by atoms with Gasteiger partial charge in [-0.25, -0.2) is 4.98 Å². The Labute approximate surface area is 110 Å². The molecule has 92 valence electrons. The van der Waals surface area contributed by atoms with Crippen LogP contribution in [0.5, 0.6) is 5.88 Å². The van der Waals surface area contributed by atoms with E-state index in [0.717, 1.165) is 23.2 Å². The Morgan fingerprint density at radius 2 is 2.00 bits per heavy atom. The Kier molecular flexibility index (Phi) is 3.09. The van der Waals surface area contributed by atoms with Crippen molar-refractivity contribution in [3.8, 4) is 5.88 Å². The van der Waals surface area contributed by atoms with Gasteiger partial charge in [0.15, 0.2) is 0 Å². The van der Waals surface area contributed by atoms with Gasteiger partial charge in [-0.05, 0) is 54.7 Å². The van der Waals surface area contributed by atoms with Gasteiger partial charge in [-0.2, -0.15) is 0 Å². The third-order valence-electron chi connectivity index (χ3n) is 4.04. The summed E-state index contributed by atoms with van der Waals surface area (Å²) >= 11 is 3.38. The Hall–Kier alpha value is -0.610. The first-order valence-corrected chi connectivity index (χ1v) is 7.02. The minimum absolute atomic E-state index is 0.345. The van der Waals surface area contributed by atoms with Gasteiger partial charge in [0.25, 0.3) is 0 Å². The Bertz CT molecular complexity index is 381. The molecule has 3 atom stereocenters. The molecule has 3 rings (SSSR count). The van der Waals surface area contributed by atoms with Gasteiger partial charge in [-0.1, -0.05) is 0 Å². The number of nitrogens with zero attached hydrogens (tertiary/aromatic N) is 2. The average molecular weight is 297 g/mol. The molecule has 0 saturated carbocycles. The monoisotopic (exact) mass is 296 g/mol. The highest BCUT2D eigenvalue weighted by atomic mass is 79.9. The van der Waals surface area contributed by atoms with Crippen LogP contribution in [-0.4, -0.2) is 35.1 Å². The smallest absolute Gasteiger partial charge is 0.213 e. The number of pyridine rings is 1. The van der Waals surface area contributed by atoms with E-state index < -0.39 is 0 Å². The van der Waals surface area contributed by atoms with E-state index >= 15 is 0 Å². The van der Waals surface area contributed by atoms with Crippen LogP contribution < -0.4 is 4.74 Å². The standard InChI is InChI=1S/C13H17BrN2O/c1-16-10-3-4-11(16)7-12(6-10)17-13-5-2-9(14)8-15-13/h2,5,8,10-12H,3-4,6-7H2,1H3/t10-,11+,12+. The number of fused-ring (bicyclic) bond motifs is 2. The number of aromatic nitrogens is 1. The van der Waals surface area contributed by atoms with Crippen LogP contribution in [0.4, 0.5) is 0 Å². The molecule has 0 spiro atoms. The van der Waals surface area contributed by atoms with E-state index in [0.29, 0.717) is 18.2 Å². The van der Waals surface area contributed by atoms with Crippen LogP contribution in [0.25, 0.3) is 0 Å². The lowest BCUT2D eigenvalue weighted by molar-refractivity contribution is 0.0632. The molecule has 2 fully saturated rings. The van der Waals surface area contributed by atoms with Gasteiger partial charge >= 0.3 is 0 Å². The molecule has 3 nitrogen and oxygen atoms in total. The lowest BCUT2D eigenvalue weighted by Crippen LogP contribution is -2.43. The minimum Gasteiger partial charge on any atom is -0.474 e. The second kappa shape index (κ2) is 4.58. The molecule has 0 amide bonds. The van der Waals surface area contributed by atoms with E-state index in [4.69, 9.17) is 4.74 Å². The highest BCUT2D eigenvalue weighted by molar-refractivity contribution is 9.10. The third-order valence-corrected chi connectivity index (χ3v) is 4.51. The van der Waals surface area contributed by atoms with Crippen LogP contribution in [-0.2, 0) is 0 Å². The van der Waals surface area contributed by atoms with Gasteiger partial charge in [0.05, 0.1) is 0 Å². The number of hydrogen-bond donors (Lipinski definition) is 0. The van der Waals surface area contributed by atoms with Gasteiger partial charge in [-0.3, -0.25) is 0 Å². The highest BCUT2D eigenvalue weighted by Crippen LogP contribution is 2.35. The van der Waals surface area contributed by atoms with Crippen molar-refractivity contribution in [1.82, 2.24) is 9.88 Å². The van der Waals surface area contributed by atoms with Gasteiger partial charge in [0.2, 0.25) is 5.88 Å². The second-order valence-electron chi connectivity index (χ2n) is 5.08. The first kappa shape index (κ1) is 11.5. The maximum atomic E-state index is 5.98. The Morgan fingerprint density at radius 3 is 2.59 bits per heavy atom. The molecule has 0 N–H and O–H groups in total. The normalized spacial score (nSPS) is 32.7. The summed E-state index contributed by atoms with van der Waals surface area (Å²) in [5.41, 5.74) is 0. The SMILES string of the molecule is CN1[C@@H]2CC[C@H]1C[C@@H](Oc1ccc(Br)cn1)C2. The Balaban J connectivity index is 1.65. The van der Waals surface area contributed by atoms with Crippen molar-refractivity contribution in [3.63, 3.8) is 0 Å². The third kappa shape index (κ3) is 2.33. The summed E-state index contributed by atoms with van der Waals surface area (Å²) in [6.07, 6.45) is 7.08. The maximum Gasteiger partial charge on any atom is 0.213 e. The largest absolute Gasteiger partial charge is 0.474 e. The number of halogens is 1. The summed E-state index contributed by atoms with van der Waals surface area (Å²) in [4.78, 5) is 6.80. The fourth-order valence-electron chi connectivity index (χ4n) is 3.06. The molecule has 0 radical (unpaired) electrons. The molecule has 17 heavy (non-hydrogen) atoms. The molecular weight excluding hydrogens is 280 g/mol.